The molecule has 28 heavy (non-hydrogen) atoms. The van der Waals surface area contributed by atoms with Crippen molar-refractivity contribution in [2.24, 2.45) is 5.92 Å². The van der Waals surface area contributed by atoms with Crippen LogP contribution in [0.1, 0.15) is 44.1 Å². The summed E-state index contributed by atoms with van der Waals surface area (Å²) >= 11 is 0. The predicted octanol–water partition coefficient (Wildman–Crippen LogP) is 4.97. The number of amides is 1. The molecule has 0 N–H and O–H groups in total. The summed E-state index contributed by atoms with van der Waals surface area (Å²) in [6.07, 6.45) is 6.70. The van der Waals surface area contributed by atoms with E-state index in [2.05, 4.69) is 64.4 Å². The summed E-state index contributed by atoms with van der Waals surface area (Å²) in [6.45, 7) is 5.29. The van der Waals surface area contributed by atoms with Gasteiger partial charge < -0.3 is 4.90 Å². The predicted molar refractivity (Wildman–Crippen MR) is 115 cm³/mol. The molecule has 0 saturated carbocycles. The van der Waals surface area contributed by atoms with Crippen LogP contribution in [0.25, 0.3) is 11.1 Å². The number of carbonyl (C=O) groups excluding carboxylic acids is 1. The summed E-state index contributed by atoms with van der Waals surface area (Å²) in [7, 11) is 0. The Labute approximate surface area is 169 Å². The van der Waals surface area contributed by atoms with Crippen LogP contribution in [0.3, 0.4) is 0 Å². The molecule has 2 aromatic rings. The third kappa shape index (κ3) is 5.02. The monoisotopic (exact) mass is 376 g/mol. The van der Waals surface area contributed by atoms with Gasteiger partial charge in [0.2, 0.25) is 5.91 Å². The molecular formula is C25H32N2O. The van der Waals surface area contributed by atoms with Gasteiger partial charge in [-0.2, -0.15) is 0 Å². The Kier molecular flexibility index (Phi) is 6.43. The van der Waals surface area contributed by atoms with Crippen molar-refractivity contribution in [2.45, 2.75) is 45.1 Å². The van der Waals surface area contributed by atoms with Crippen molar-refractivity contribution < 1.29 is 4.79 Å². The van der Waals surface area contributed by atoms with Gasteiger partial charge in [-0.3, -0.25) is 9.69 Å². The quantitative estimate of drug-likeness (QED) is 0.711. The van der Waals surface area contributed by atoms with Crippen molar-refractivity contribution in [3.05, 3.63) is 60.2 Å². The maximum absolute atomic E-state index is 12.3. The lowest BCUT2D eigenvalue weighted by atomic mass is 9.92. The summed E-state index contributed by atoms with van der Waals surface area (Å²) in [5.41, 5.74) is 3.93. The molecule has 0 spiro atoms. The van der Waals surface area contributed by atoms with E-state index in [1.807, 2.05) is 0 Å². The highest BCUT2D eigenvalue weighted by Gasteiger charge is 2.23. The van der Waals surface area contributed by atoms with Gasteiger partial charge in [-0.25, -0.2) is 0 Å². The molecule has 1 amide bonds. The first-order chi connectivity index (χ1) is 13.8. The lowest BCUT2D eigenvalue weighted by Crippen LogP contribution is -2.35. The molecule has 3 nitrogen and oxygen atoms in total. The van der Waals surface area contributed by atoms with Crippen LogP contribution in [-0.2, 0) is 11.3 Å². The number of likely N-dealkylation sites (tertiary alicyclic amines) is 2. The Bertz CT molecular complexity index is 750. The minimum absolute atomic E-state index is 0.381. The van der Waals surface area contributed by atoms with Gasteiger partial charge >= 0.3 is 0 Å². The zero-order valence-electron chi connectivity index (χ0n) is 16.9. The Morgan fingerprint density at radius 3 is 2.32 bits per heavy atom. The highest BCUT2D eigenvalue weighted by atomic mass is 16.2. The van der Waals surface area contributed by atoms with Crippen LogP contribution >= 0.6 is 0 Å². The van der Waals surface area contributed by atoms with Crippen molar-refractivity contribution in [3.63, 3.8) is 0 Å². The normalized spacial score (nSPS) is 20.4. The smallest absolute Gasteiger partial charge is 0.222 e. The molecular weight excluding hydrogens is 344 g/mol. The average Bonchev–Trinajstić information content (AvgIpc) is 3.29. The summed E-state index contributed by atoms with van der Waals surface area (Å²) in [6, 6.07) is 19.6. The lowest BCUT2D eigenvalue weighted by molar-refractivity contribution is -0.130. The van der Waals surface area contributed by atoms with E-state index in [1.54, 1.807) is 0 Å². The lowest BCUT2D eigenvalue weighted by Gasteiger charge is -2.33. The Balaban J connectivity index is 1.27. The van der Waals surface area contributed by atoms with Gasteiger partial charge in [0.1, 0.15) is 0 Å². The average molecular weight is 377 g/mol. The third-order valence-corrected chi connectivity index (χ3v) is 6.30. The number of carbonyl (C=O) groups is 1. The van der Waals surface area contributed by atoms with Crippen molar-refractivity contribution in [1.29, 1.82) is 0 Å². The topological polar surface area (TPSA) is 23.6 Å². The van der Waals surface area contributed by atoms with Gasteiger partial charge in [-0.15, -0.1) is 0 Å². The van der Waals surface area contributed by atoms with Gasteiger partial charge in [0.25, 0.3) is 0 Å². The SMILES string of the molecule is O=C(CC[C@H]1CCCN(Cc2ccc(-c3ccccc3)cc2)C1)N1CCCC1. The van der Waals surface area contributed by atoms with Crippen LogP contribution in [-0.4, -0.2) is 41.9 Å². The molecule has 0 unspecified atom stereocenters. The minimum Gasteiger partial charge on any atom is -0.343 e. The Hall–Kier alpha value is -2.13. The molecule has 1 atom stereocenters. The van der Waals surface area contributed by atoms with E-state index >= 15 is 0 Å². The van der Waals surface area contributed by atoms with Crippen molar-refractivity contribution in [3.8, 4) is 11.1 Å². The van der Waals surface area contributed by atoms with E-state index in [4.69, 9.17) is 0 Å². The first kappa shape index (κ1) is 19.2. The number of benzene rings is 2. The van der Waals surface area contributed by atoms with Crippen LogP contribution in [0.2, 0.25) is 0 Å². The second-order valence-corrected chi connectivity index (χ2v) is 8.43. The molecule has 2 aromatic carbocycles. The standard InChI is InChI=1S/C25H32N2O/c28-25(27-17-4-5-18-27)15-12-21-7-6-16-26(19-21)20-22-10-13-24(14-11-22)23-8-2-1-3-9-23/h1-3,8-11,13-14,21H,4-7,12,15-20H2/t21-/m1/s1. The zero-order chi connectivity index (χ0) is 19.2. The number of rotatable bonds is 6. The van der Waals surface area contributed by atoms with Gasteiger partial charge in [-0.05, 0) is 61.3 Å². The minimum atomic E-state index is 0.381. The molecule has 2 heterocycles. The van der Waals surface area contributed by atoms with Crippen LogP contribution in [0.15, 0.2) is 54.6 Å². The van der Waals surface area contributed by atoms with E-state index in [0.717, 1.165) is 39.0 Å². The van der Waals surface area contributed by atoms with E-state index in [-0.39, 0.29) is 0 Å². The molecule has 0 aliphatic carbocycles. The number of hydrogen-bond acceptors (Lipinski definition) is 2. The fraction of sp³-hybridized carbons (Fsp3) is 0.480. The molecule has 148 valence electrons. The summed E-state index contributed by atoms with van der Waals surface area (Å²) in [4.78, 5) is 17.0. The largest absolute Gasteiger partial charge is 0.343 e. The molecule has 2 aliphatic heterocycles. The fourth-order valence-electron chi connectivity index (χ4n) is 4.67. The molecule has 2 fully saturated rings. The van der Waals surface area contributed by atoms with E-state index in [9.17, 15) is 4.79 Å². The molecule has 2 aliphatic rings. The second kappa shape index (κ2) is 9.38. The van der Waals surface area contributed by atoms with E-state index in [1.165, 1.54) is 48.9 Å². The van der Waals surface area contributed by atoms with Crippen molar-refractivity contribution in [2.75, 3.05) is 26.2 Å². The zero-order valence-corrected chi connectivity index (χ0v) is 16.9. The molecule has 3 heteroatoms. The molecule has 0 radical (unpaired) electrons. The van der Waals surface area contributed by atoms with Crippen LogP contribution < -0.4 is 0 Å². The van der Waals surface area contributed by atoms with Crippen molar-refractivity contribution >= 4 is 5.91 Å². The first-order valence-corrected chi connectivity index (χ1v) is 10.9. The second-order valence-electron chi connectivity index (χ2n) is 8.43. The van der Waals surface area contributed by atoms with Crippen LogP contribution in [0.5, 0.6) is 0 Å². The van der Waals surface area contributed by atoms with Gasteiger partial charge in [0, 0.05) is 32.6 Å². The fourth-order valence-corrected chi connectivity index (χ4v) is 4.67. The molecule has 4 rings (SSSR count). The summed E-state index contributed by atoms with van der Waals surface area (Å²) in [5.74, 6) is 1.05. The summed E-state index contributed by atoms with van der Waals surface area (Å²) < 4.78 is 0. The number of piperidine rings is 1. The number of hydrogen-bond donors (Lipinski definition) is 0. The molecule has 0 bridgehead atoms. The van der Waals surface area contributed by atoms with Gasteiger partial charge in [0.05, 0.1) is 0 Å². The van der Waals surface area contributed by atoms with Gasteiger partial charge in [0.15, 0.2) is 0 Å². The highest BCUT2D eigenvalue weighted by molar-refractivity contribution is 5.76. The maximum atomic E-state index is 12.3. The Morgan fingerprint density at radius 2 is 1.57 bits per heavy atom. The third-order valence-electron chi connectivity index (χ3n) is 6.30. The molecule has 0 aromatic heterocycles. The highest BCUT2D eigenvalue weighted by Crippen LogP contribution is 2.24. The van der Waals surface area contributed by atoms with E-state index in [0.29, 0.717) is 11.8 Å². The Morgan fingerprint density at radius 1 is 0.857 bits per heavy atom. The summed E-state index contributed by atoms with van der Waals surface area (Å²) in [5, 5.41) is 0. The molecule has 2 saturated heterocycles. The van der Waals surface area contributed by atoms with Crippen LogP contribution in [0, 0.1) is 5.92 Å². The first-order valence-electron chi connectivity index (χ1n) is 10.9. The maximum Gasteiger partial charge on any atom is 0.222 e. The van der Waals surface area contributed by atoms with E-state index < -0.39 is 0 Å². The van der Waals surface area contributed by atoms with Crippen LogP contribution in [0.4, 0.5) is 0 Å². The van der Waals surface area contributed by atoms with Crippen molar-refractivity contribution in [1.82, 2.24) is 9.80 Å². The van der Waals surface area contributed by atoms with Gasteiger partial charge in [-0.1, -0.05) is 54.6 Å². The number of nitrogens with zero attached hydrogens (tertiary/aromatic N) is 2.